The molecule has 2 aromatic heterocycles. The first-order valence-electron chi connectivity index (χ1n) is 11.2. The molecule has 36 heavy (non-hydrogen) atoms. The third-order valence-corrected chi connectivity index (χ3v) is 7.27. The molecule has 1 aliphatic heterocycles. The zero-order valence-corrected chi connectivity index (χ0v) is 20.8. The Morgan fingerprint density at radius 2 is 1.92 bits per heavy atom. The van der Waals surface area contributed by atoms with Gasteiger partial charge in [0.2, 0.25) is 11.8 Å². The minimum absolute atomic E-state index is 0.0969. The number of aryl methyl sites for hydroxylation is 1. The van der Waals surface area contributed by atoms with Gasteiger partial charge >= 0.3 is 0 Å². The lowest BCUT2D eigenvalue weighted by atomic mass is 9.97. The fraction of sp³-hybridized carbons (Fsp3) is 0.200. The van der Waals surface area contributed by atoms with E-state index in [0.717, 1.165) is 22.4 Å². The summed E-state index contributed by atoms with van der Waals surface area (Å²) in [7, 11) is -3.98. The molecule has 0 atom stereocenters. The number of hydrogen-bond donors (Lipinski definition) is 2. The number of ether oxygens (including phenoxy) is 1. The number of benzene rings is 2. The van der Waals surface area contributed by atoms with Crippen molar-refractivity contribution in [1.29, 1.82) is 0 Å². The maximum Gasteiger partial charge on any atom is 0.264 e. The van der Waals surface area contributed by atoms with Gasteiger partial charge in [0.15, 0.2) is 6.73 Å². The maximum atomic E-state index is 13.5. The summed E-state index contributed by atoms with van der Waals surface area (Å²) in [4.78, 5) is 4.36. The van der Waals surface area contributed by atoms with Crippen LogP contribution in [-0.2, 0) is 21.3 Å². The lowest BCUT2D eigenvalue weighted by Crippen LogP contribution is -2.31. The minimum atomic E-state index is -3.98. The van der Waals surface area contributed by atoms with Crippen LogP contribution in [0.15, 0.2) is 80.7 Å². The molecule has 5 rings (SSSR count). The zero-order valence-electron chi connectivity index (χ0n) is 20.0. The first kappa shape index (κ1) is 23.6. The smallest absolute Gasteiger partial charge is 0.264 e. The Labute approximate surface area is 208 Å². The molecule has 2 N–H and O–H groups in total. The fourth-order valence-electron chi connectivity index (χ4n) is 3.86. The number of aromatic nitrogens is 2. The van der Waals surface area contributed by atoms with Crippen LogP contribution in [0.3, 0.4) is 0 Å². The Morgan fingerprint density at radius 3 is 2.61 bits per heavy atom. The number of nitrogens with zero attached hydrogens (tertiary/aromatic N) is 3. The normalized spacial score (nSPS) is 13.5. The van der Waals surface area contributed by atoms with E-state index in [1.54, 1.807) is 44.3 Å². The SMILES string of the molecule is CC1=CN(NCc2cc(-c3ncco3)ccc2-c2ccccc2S(=O)(=O)Nc2onc(C)c2C)CO1. The summed E-state index contributed by atoms with van der Waals surface area (Å²) in [6, 6.07) is 12.5. The predicted octanol–water partition coefficient (Wildman–Crippen LogP) is 4.57. The Bertz CT molecular complexity index is 1530. The lowest BCUT2D eigenvalue weighted by molar-refractivity contribution is 0.117. The number of oxazole rings is 1. The molecule has 186 valence electrons. The largest absolute Gasteiger partial charge is 0.475 e. The molecule has 3 heterocycles. The summed E-state index contributed by atoms with van der Waals surface area (Å²) in [6.45, 7) is 6.16. The summed E-state index contributed by atoms with van der Waals surface area (Å²) in [5.41, 5.74) is 7.46. The van der Waals surface area contributed by atoms with Crippen LogP contribution in [-0.4, -0.2) is 30.3 Å². The molecule has 0 bridgehead atoms. The van der Waals surface area contributed by atoms with E-state index >= 15 is 0 Å². The van der Waals surface area contributed by atoms with Gasteiger partial charge in [0, 0.05) is 23.2 Å². The Kier molecular flexibility index (Phi) is 6.25. The molecule has 10 nitrogen and oxygen atoms in total. The summed E-state index contributed by atoms with van der Waals surface area (Å²) in [6.07, 6.45) is 4.95. The van der Waals surface area contributed by atoms with Crippen molar-refractivity contribution in [2.45, 2.75) is 32.2 Å². The summed E-state index contributed by atoms with van der Waals surface area (Å²) >= 11 is 0. The molecule has 0 unspecified atom stereocenters. The third-order valence-electron chi connectivity index (χ3n) is 5.88. The number of sulfonamides is 1. The van der Waals surface area contributed by atoms with Crippen LogP contribution in [0.1, 0.15) is 23.7 Å². The van der Waals surface area contributed by atoms with E-state index in [-0.39, 0.29) is 10.8 Å². The van der Waals surface area contributed by atoms with Crippen molar-refractivity contribution < 1.29 is 22.1 Å². The molecule has 2 aromatic carbocycles. The fourth-order valence-corrected chi connectivity index (χ4v) is 5.13. The summed E-state index contributed by atoms with van der Waals surface area (Å²) in [5.74, 6) is 1.37. The van der Waals surface area contributed by atoms with Gasteiger partial charge in [0.05, 0.1) is 23.0 Å². The average molecular weight is 508 g/mol. The zero-order chi connectivity index (χ0) is 25.3. The van der Waals surface area contributed by atoms with Crippen LogP contribution in [0.4, 0.5) is 5.88 Å². The van der Waals surface area contributed by atoms with E-state index in [0.29, 0.717) is 36.0 Å². The average Bonchev–Trinajstić information content (AvgIpc) is 3.62. The molecule has 0 spiro atoms. The second-order valence-electron chi connectivity index (χ2n) is 8.35. The number of hydrazine groups is 1. The highest BCUT2D eigenvalue weighted by molar-refractivity contribution is 7.92. The van der Waals surface area contributed by atoms with Gasteiger partial charge in [0.25, 0.3) is 10.0 Å². The standard InChI is InChI=1S/C25H25N5O5S/c1-16-14-30(15-34-16)27-13-20-12-19(25-26-10-11-33-25)8-9-21(20)22-6-4-5-7-23(22)36(31,32)29-24-17(2)18(3)28-35-24/h4-12,14,27,29H,13,15H2,1-3H3. The molecule has 4 aromatic rings. The van der Waals surface area contributed by atoms with Gasteiger partial charge in [-0.05, 0) is 50.1 Å². The first-order chi connectivity index (χ1) is 17.3. The van der Waals surface area contributed by atoms with Crippen LogP contribution in [0.2, 0.25) is 0 Å². The first-order valence-corrected chi connectivity index (χ1v) is 12.7. The van der Waals surface area contributed by atoms with Crippen molar-refractivity contribution in [3.8, 4) is 22.6 Å². The van der Waals surface area contributed by atoms with Crippen molar-refractivity contribution in [3.05, 3.63) is 83.7 Å². The molecule has 11 heteroatoms. The van der Waals surface area contributed by atoms with E-state index < -0.39 is 10.0 Å². The van der Waals surface area contributed by atoms with Crippen molar-refractivity contribution in [1.82, 2.24) is 20.6 Å². The van der Waals surface area contributed by atoms with Crippen LogP contribution in [0, 0.1) is 13.8 Å². The molecule has 0 fully saturated rings. The third kappa shape index (κ3) is 4.70. The lowest BCUT2D eigenvalue weighted by Gasteiger charge is -2.19. The number of hydrogen-bond acceptors (Lipinski definition) is 9. The van der Waals surface area contributed by atoms with Crippen molar-refractivity contribution >= 4 is 15.9 Å². The topological polar surface area (TPSA) is 123 Å². The van der Waals surface area contributed by atoms with E-state index in [4.69, 9.17) is 13.7 Å². The monoisotopic (exact) mass is 507 g/mol. The number of nitrogens with one attached hydrogen (secondary N) is 2. The van der Waals surface area contributed by atoms with Gasteiger partial charge in [0.1, 0.15) is 12.0 Å². The van der Waals surface area contributed by atoms with Crippen molar-refractivity contribution in [2.24, 2.45) is 0 Å². The molecule has 0 saturated carbocycles. The van der Waals surface area contributed by atoms with Gasteiger partial charge in [-0.25, -0.2) is 23.5 Å². The molecular formula is C25H25N5O5S. The second kappa shape index (κ2) is 9.51. The minimum Gasteiger partial charge on any atom is -0.475 e. The second-order valence-corrected chi connectivity index (χ2v) is 10.0. The Morgan fingerprint density at radius 1 is 1.08 bits per heavy atom. The van der Waals surface area contributed by atoms with Crippen LogP contribution in [0.25, 0.3) is 22.6 Å². The van der Waals surface area contributed by atoms with Gasteiger partial charge in [-0.1, -0.05) is 29.4 Å². The molecule has 0 radical (unpaired) electrons. The maximum absolute atomic E-state index is 13.5. The quantitative estimate of drug-likeness (QED) is 0.353. The Hall–Kier alpha value is -4.09. The Balaban J connectivity index is 1.55. The molecule has 1 aliphatic rings. The van der Waals surface area contributed by atoms with Crippen molar-refractivity contribution in [3.63, 3.8) is 0 Å². The predicted molar refractivity (Wildman–Crippen MR) is 133 cm³/mol. The van der Waals surface area contributed by atoms with Crippen LogP contribution < -0.4 is 10.1 Å². The van der Waals surface area contributed by atoms with Crippen LogP contribution >= 0.6 is 0 Å². The van der Waals surface area contributed by atoms with E-state index in [2.05, 4.69) is 20.3 Å². The molecule has 0 amide bonds. The van der Waals surface area contributed by atoms with E-state index in [1.165, 1.54) is 6.26 Å². The van der Waals surface area contributed by atoms with E-state index in [9.17, 15) is 8.42 Å². The van der Waals surface area contributed by atoms with Crippen molar-refractivity contribution in [2.75, 3.05) is 11.5 Å². The van der Waals surface area contributed by atoms with Gasteiger partial charge in [-0.15, -0.1) is 0 Å². The van der Waals surface area contributed by atoms with Crippen LogP contribution in [0.5, 0.6) is 0 Å². The van der Waals surface area contributed by atoms with Gasteiger partial charge in [-0.3, -0.25) is 5.01 Å². The number of anilines is 1. The summed E-state index contributed by atoms with van der Waals surface area (Å²) in [5, 5.41) is 5.68. The summed E-state index contributed by atoms with van der Waals surface area (Å²) < 4.78 is 45.6. The van der Waals surface area contributed by atoms with Gasteiger partial charge in [-0.2, -0.15) is 0 Å². The highest BCUT2D eigenvalue weighted by Gasteiger charge is 2.24. The number of allylic oxidation sites excluding steroid dienone is 1. The highest BCUT2D eigenvalue weighted by Crippen LogP contribution is 2.34. The van der Waals surface area contributed by atoms with E-state index in [1.807, 2.05) is 36.3 Å². The molecular weight excluding hydrogens is 482 g/mol. The number of rotatable bonds is 8. The molecule has 0 aliphatic carbocycles. The highest BCUT2D eigenvalue weighted by atomic mass is 32.2. The molecule has 0 saturated heterocycles. The van der Waals surface area contributed by atoms with Gasteiger partial charge < -0.3 is 13.7 Å².